The molecule has 0 radical (unpaired) electrons. The van der Waals surface area contributed by atoms with Gasteiger partial charge in [0, 0.05) is 21.1 Å². The molecule has 0 saturated heterocycles. The number of hydrogen-bond donors (Lipinski definition) is 4. The van der Waals surface area contributed by atoms with Gasteiger partial charge in [-0.3, -0.25) is 13.7 Å². The molecule has 0 saturated carbocycles. The number of rotatable bonds is 12. The average molecular weight is 939 g/mol. The van der Waals surface area contributed by atoms with Gasteiger partial charge in [-0.2, -0.15) is 45.1 Å². The molecular weight excluding hydrogens is 913 g/mol. The summed E-state index contributed by atoms with van der Waals surface area (Å²) in [6.45, 7) is 0. The highest BCUT2D eigenvalue weighted by Gasteiger charge is 2.20. The minimum atomic E-state index is -4.87. The highest BCUT2D eigenvalue weighted by Crippen LogP contribution is 2.35. The van der Waals surface area contributed by atoms with Gasteiger partial charge in [0.15, 0.2) is 0 Å². The summed E-state index contributed by atoms with van der Waals surface area (Å²) in [6.07, 6.45) is 2.48. The second kappa shape index (κ2) is 16.4. The molecule has 0 aliphatic carbocycles. The quantitative estimate of drug-likeness (QED) is 0.0224. The molecule has 24 heteroatoms. The third-order valence-electron chi connectivity index (χ3n) is 9.73. The smallest absolute Gasteiger partial charge is 0.282 e. The summed E-state index contributed by atoms with van der Waals surface area (Å²) in [5.41, 5.74) is 2.90. The van der Waals surface area contributed by atoms with Gasteiger partial charge in [0.05, 0.1) is 39.7 Å². The first-order valence-corrected chi connectivity index (χ1v) is 23.2. The van der Waals surface area contributed by atoms with E-state index in [1.807, 2.05) is 0 Å². The van der Waals surface area contributed by atoms with Crippen LogP contribution in [0.4, 0.5) is 11.4 Å². The van der Waals surface area contributed by atoms with Crippen LogP contribution in [0.15, 0.2) is 151 Å². The number of fused-ring (bicyclic) bond motifs is 6. The van der Waals surface area contributed by atoms with Gasteiger partial charge < -0.3 is 0 Å². The molecule has 322 valence electrons. The summed E-state index contributed by atoms with van der Waals surface area (Å²) in [4.78, 5) is 1.72. The van der Waals surface area contributed by atoms with E-state index in [0.717, 1.165) is 24.2 Å². The van der Waals surface area contributed by atoms with Gasteiger partial charge in [-0.05, 0) is 89.3 Å². The fourth-order valence-corrected chi connectivity index (χ4v) is 9.27. The Labute approximate surface area is 365 Å². The Bertz CT molecular complexity index is 3770. The molecule has 0 unspecified atom stereocenters. The van der Waals surface area contributed by atoms with Gasteiger partial charge in [0.25, 0.3) is 30.4 Å². The Morgan fingerprint density at radius 2 is 1.14 bits per heavy atom. The minimum Gasteiger partial charge on any atom is -0.282 e. The van der Waals surface area contributed by atoms with E-state index < -0.39 is 40.1 Å². The molecule has 0 fully saturated rings. The number of hydrogen-bond acceptors (Lipinski definition) is 16. The molecule has 9 aromatic rings. The second-order valence-electron chi connectivity index (χ2n) is 13.7. The molecule has 0 spiro atoms. The van der Waals surface area contributed by atoms with Crippen molar-refractivity contribution in [1.82, 2.24) is 30.0 Å². The molecule has 0 atom stereocenters. The van der Waals surface area contributed by atoms with Crippen LogP contribution in [0.3, 0.4) is 0 Å². The zero-order valence-electron chi connectivity index (χ0n) is 32.0. The van der Waals surface area contributed by atoms with E-state index in [4.69, 9.17) is 5.26 Å². The predicted molar refractivity (Wildman–Crippen MR) is 232 cm³/mol. The molecule has 0 aliphatic heterocycles. The van der Waals surface area contributed by atoms with Crippen LogP contribution in [-0.4, -0.2) is 74.2 Å². The fourth-order valence-electron chi connectivity index (χ4n) is 6.81. The normalized spacial score (nSPS) is 12.8. The maximum Gasteiger partial charge on any atom is 0.295 e. The van der Waals surface area contributed by atoms with Crippen molar-refractivity contribution in [2.75, 3.05) is 0 Å². The Morgan fingerprint density at radius 1 is 0.547 bits per heavy atom. The molecule has 2 aromatic heterocycles. The maximum atomic E-state index is 12.6. The maximum absolute atomic E-state index is 12.6. The first-order chi connectivity index (χ1) is 30.5. The van der Waals surface area contributed by atoms with E-state index in [9.17, 15) is 38.9 Å². The fraction of sp³-hybridized carbons (Fsp3) is 0. The number of azo groups is 1. The highest BCUT2D eigenvalue weighted by atomic mass is 32.2. The number of benzene rings is 7. The lowest BCUT2D eigenvalue weighted by molar-refractivity contribution is -0.432. The molecule has 4 N–H and O–H groups in total. The molecule has 0 aliphatic rings. The Balaban J connectivity index is 0.967. The van der Waals surface area contributed by atoms with E-state index in [0.29, 0.717) is 59.9 Å². The standard InChI is InChI=1S/C40H26N8O12S4/c49-59-60-61-36-22-35-40(33-4-2-1-3-32(33)36)46-48(44-35)29-13-8-24(38(21-29)64(56,57)58)6-5-23-7-10-27(20-37(23)63(53,54)55)42-41-26-11-14-28(15-12-26)47-43-34-18-9-25-19-30(62(50,51)52)16-17-31(25)39(34)45-47/h1-22,49H,(H,50,51,52)(H,53,54,55)(H,56,57,58). The Kier molecular flexibility index (Phi) is 10.9. The molecule has 0 amide bonds. The third-order valence-corrected chi connectivity index (χ3v) is 13.0. The second-order valence-corrected chi connectivity index (χ2v) is 18.7. The van der Waals surface area contributed by atoms with Crippen LogP contribution in [0.2, 0.25) is 0 Å². The Hall–Kier alpha value is -6.84. The number of nitrogens with zero attached hydrogens (tertiary/aromatic N) is 8. The van der Waals surface area contributed by atoms with E-state index in [1.165, 1.54) is 64.2 Å². The van der Waals surface area contributed by atoms with Crippen LogP contribution >= 0.6 is 12.0 Å². The monoisotopic (exact) mass is 938 g/mol. The number of aromatic nitrogens is 6. The van der Waals surface area contributed by atoms with Crippen LogP contribution < -0.4 is 0 Å². The summed E-state index contributed by atoms with van der Waals surface area (Å²) >= 11 is 0.736. The van der Waals surface area contributed by atoms with Gasteiger partial charge >= 0.3 is 0 Å². The molecule has 7 aromatic carbocycles. The summed E-state index contributed by atoms with van der Waals surface area (Å²) < 4.78 is 108. The molecule has 0 bridgehead atoms. The summed E-state index contributed by atoms with van der Waals surface area (Å²) in [6, 6.07) is 30.6. The minimum absolute atomic E-state index is 0.0391. The summed E-state index contributed by atoms with van der Waals surface area (Å²) in [7, 11) is -14.1. The van der Waals surface area contributed by atoms with Crippen LogP contribution in [0.5, 0.6) is 0 Å². The molecule has 9 rings (SSSR count). The zero-order valence-corrected chi connectivity index (χ0v) is 35.2. The van der Waals surface area contributed by atoms with Crippen molar-refractivity contribution >= 4 is 110 Å². The SMILES string of the molecule is O=S(=O)(O)c1ccc2c(ccc3nn(-c4ccc(N=Nc5ccc(C=Cc6ccc(-n7nc8cc(SOOO)c9ccccc9c8n7)cc6S(=O)(=O)O)c(S(=O)(=O)O)c5)cc4)nc32)c1. The largest absolute Gasteiger partial charge is 0.295 e. The lowest BCUT2D eigenvalue weighted by atomic mass is 10.1. The van der Waals surface area contributed by atoms with E-state index in [1.54, 1.807) is 66.7 Å². The lowest BCUT2D eigenvalue weighted by Crippen LogP contribution is -2.05. The topological polar surface area (TPSA) is 288 Å². The van der Waals surface area contributed by atoms with E-state index in [2.05, 4.69) is 40.0 Å². The first kappa shape index (κ1) is 42.5. The van der Waals surface area contributed by atoms with Crippen molar-refractivity contribution in [2.45, 2.75) is 19.6 Å². The van der Waals surface area contributed by atoms with Crippen molar-refractivity contribution in [2.24, 2.45) is 10.2 Å². The molecule has 64 heavy (non-hydrogen) atoms. The van der Waals surface area contributed by atoms with Gasteiger partial charge in [0.2, 0.25) is 0 Å². The van der Waals surface area contributed by atoms with Gasteiger partial charge in [-0.25, -0.2) is 5.26 Å². The van der Waals surface area contributed by atoms with Crippen molar-refractivity contribution in [3.8, 4) is 11.4 Å². The van der Waals surface area contributed by atoms with E-state index in [-0.39, 0.29) is 27.4 Å². The van der Waals surface area contributed by atoms with Crippen LogP contribution in [0, 0.1) is 0 Å². The average Bonchev–Trinajstić information content (AvgIpc) is 3.92. The van der Waals surface area contributed by atoms with Crippen LogP contribution in [-0.2, 0) is 39.7 Å². The molecule has 20 nitrogen and oxygen atoms in total. The zero-order chi connectivity index (χ0) is 45.0. The van der Waals surface area contributed by atoms with E-state index >= 15 is 0 Å². The van der Waals surface area contributed by atoms with Gasteiger partial charge in [0.1, 0.15) is 31.9 Å². The van der Waals surface area contributed by atoms with Crippen molar-refractivity contribution in [3.05, 3.63) is 132 Å². The third kappa shape index (κ3) is 8.48. The van der Waals surface area contributed by atoms with Gasteiger partial charge in [-0.1, -0.05) is 65.7 Å². The van der Waals surface area contributed by atoms with Crippen LogP contribution in [0.1, 0.15) is 11.1 Å². The van der Waals surface area contributed by atoms with Gasteiger partial charge in [-0.15, -0.1) is 24.7 Å². The van der Waals surface area contributed by atoms with Crippen LogP contribution in [0.25, 0.3) is 67.1 Å². The Morgan fingerprint density at radius 3 is 1.83 bits per heavy atom. The summed E-state index contributed by atoms with van der Waals surface area (Å²) in [5, 5.41) is 41.3. The van der Waals surface area contributed by atoms with Crippen molar-refractivity contribution in [1.29, 1.82) is 0 Å². The molecule has 2 heterocycles. The lowest BCUT2D eigenvalue weighted by Gasteiger charge is -2.07. The summed E-state index contributed by atoms with van der Waals surface area (Å²) in [5.74, 6) is 0. The molecular formula is C40H26N8O12S4. The van der Waals surface area contributed by atoms with Crippen molar-refractivity contribution in [3.63, 3.8) is 0 Å². The first-order valence-electron chi connectivity index (χ1n) is 18.2. The predicted octanol–water partition coefficient (Wildman–Crippen LogP) is 8.22. The highest BCUT2D eigenvalue weighted by molar-refractivity contribution is 7.94. The van der Waals surface area contributed by atoms with Crippen molar-refractivity contribution < 1.29 is 53.5 Å².